The van der Waals surface area contributed by atoms with E-state index in [9.17, 15) is 0 Å². The first-order valence-electron chi connectivity index (χ1n) is 9.32. The summed E-state index contributed by atoms with van der Waals surface area (Å²) in [6.45, 7) is 8.03. The summed E-state index contributed by atoms with van der Waals surface area (Å²) in [6, 6.07) is 2.36. The summed E-state index contributed by atoms with van der Waals surface area (Å²) in [4.78, 5) is 0. The van der Waals surface area contributed by atoms with Gasteiger partial charge in [0.15, 0.2) is 12.4 Å². The molecule has 0 aliphatic rings. The number of hydrogen-bond donors (Lipinski definition) is 0. The predicted molar refractivity (Wildman–Crippen MR) is 92.6 cm³/mol. The minimum absolute atomic E-state index is 1.19. The summed E-state index contributed by atoms with van der Waals surface area (Å²) >= 11 is 0. The van der Waals surface area contributed by atoms with E-state index in [-0.39, 0.29) is 0 Å². The third kappa shape index (κ3) is 7.64. The van der Waals surface area contributed by atoms with Crippen LogP contribution in [0.5, 0.6) is 0 Å². The van der Waals surface area contributed by atoms with Gasteiger partial charge in [-0.1, -0.05) is 65.7 Å². The zero-order valence-corrected chi connectivity index (χ0v) is 14.7. The number of pyridine rings is 1. The van der Waals surface area contributed by atoms with Crippen LogP contribution in [0, 0.1) is 0 Å². The summed E-state index contributed by atoms with van der Waals surface area (Å²) in [6.07, 6.45) is 19.4. The Bertz CT molecular complexity index is 370. The Morgan fingerprint density at radius 3 is 2.00 bits per heavy atom. The molecule has 0 N–H and O–H groups in total. The van der Waals surface area contributed by atoms with Gasteiger partial charge in [0.25, 0.3) is 0 Å². The largest absolute Gasteiger partial charge is 0.205 e. The summed E-state index contributed by atoms with van der Waals surface area (Å²) in [5, 5.41) is 0. The van der Waals surface area contributed by atoms with Crippen molar-refractivity contribution >= 4 is 0 Å². The molecule has 0 amide bonds. The summed E-state index contributed by atoms with van der Waals surface area (Å²) < 4.78 is 2.41. The van der Waals surface area contributed by atoms with Gasteiger partial charge in [0.05, 0.1) is 0 Å². The molecule has 1 aromatic rings. The van der Waals surface area contributed by atoms with E-state index in [0.29, 0.717) is 0 Å². The van der Waals surface area contributed by atoms with Crippen LogP contribution in [0.2, 0.25) is 0 Å². The van der Waals surface area contributed by atoms with E-state index in [0.717, 1.165) is 0 Å². The summed E-state index contributed by atoms with van der Waals surface area (Å²) in [5.41, 5.74) is 3.14. The first-order chi connectivity index (χ1) is 10.3. The van der Waals surface area contributed by atoms with Crippen molar-refractivity contribution in [2.75, 3.05) is 0 Å². The molecule has 1 rings (SSSR count). The first kappa shape index (κ1) is 18.2. The molecule has 0 aliphatic heterocycles. The fraction of sp³-hybridized carbons (Fsp3) is 0.750. The van der Waals surface area contributed by atoms with Gasteiger partial charge >= 0.3 is 0 Å². The highest BCUT2D eigenvalue weighted by atomic mass is 14.9. The average Bonchev–Trinajstić information content (AvgIpc) is 2.49. The van der Waals surface area contributed by atoms with Crippen molar-refractivity contribution in [3.8, 4) is 0 Å². The molecule has 0 fully saturated rings. The molecule has 21 heavy (non-hydrogen) atoms. The minimum Gasteiger partial charge on any atom is -0.205 e. The molecule has 0 saturated carbocycles. The zero-order valence-electron chi connectivity index (χ0n) is 14.7. The number of rotatable bonds is 12. The number of nitrogens with zero attached hydrogens (tertiary/aromatic N) is 1. The van der Waals surface area contributed by atoms with Crippen LogP contribution in [-0.2, 0) is 19.4 Å². The fourth-order valence-electron chi connectivity index (χ4n) is 3.02. The molecule has 1 aromatic heterocycles. The third-order valence-corrected chi connectivity index (χ3v) is 4.26. The Morgan fingerprint density at radius 2 is 1.33 bits per heavy atom. The zero-order chi connectivity index (χ0) is 15.3. The summed E-state index contributed by atoms with van der Waals surface area (Å²) in [5.74, 6) is 0. The highest BCUT2D eigenvalue weighted by Crippen LogP contribution is 2.11. The van der Waals surface area contributed by atoms with Gasteiger partial charge in [-0.3, -0.25) is 0 Å². The fourth-order valence-corrected chi connectivity index (χ4v) is 3.02. The molecule has 0 saturated heterocycles. The first-order valence-corrected chi connectivity index (χ1v) is 9.32. The second-order valence-corrected chi connectivity index (χ2v) is 6.35. The number of hydrogen-bond acceptors (Lipinski definition) is 0. The average molecular weight is 291 g/mol. The van der Waals surface area contributed by atoms with Crippen molar-refractivity contribution in [3.63, 3.8) is 0 Å². The van der Waals surface area contributed by atoms with Crippen molar-refractivity contribution in [1.29, 1.82) is 0 Å². The van der Waals surface area contributed by atoms with Crippen LogP contribution < -0.4 is 4.57 Å². The maximum atomic E-state index is 2.41. The topological polar surface area (TPSA) is 3.88 Å². The lowest BCUT2D eigenvalue weighted by molar-refractivity contribution is -0.697. The molecule has 0 atom stereocenters. The van der Waals surface area contributed by atoms with Crippen LogP contribution in [0.4, 0.5) is 0 Å². The lowest BCUT2D eigenvalue weighted by Crippen LogP contribution is -2.33. The Labute approximate surface area is 132 Å². The van der Waals surface area contributed by atoms with Crippen LogP contribution >= 0.6 is 0 Å². The quantitative estimate of drug-likeness (QED) is 0.347. The Kier molecular flexibility index (Phi) is 10.2. The van der Waals surface area contributed by atoms with E-state index in [1.54, 1.807) is 11.1 Å². The van der Waals surface area contributed by atoms with Crippen LogP contribution in [0.15, 0.2) is 18.5 Å². The normalized spacial score (nSPS) is 11.0. The number of unbranched alkanes of at least 4 members (excludes halogenated alkanes) is 6. The molecule has 120 valence electrons. The van der Waals surface area contributed by atoms with E-state index < -0.39 is 0 Å². The Morgan fingerprint density at radius 1 is 0.714 bits per heavy atom. The third-order valence-electron chi connectivity index (χ3n) is 4.26. The van der Waals surface area contributed by atoms with Gasteiger partial charge in [-0.05, 0) is 24.8 Å². The van der Waals surface area contributed by atoms with Gasteiger partial charge in [-0.15, -0.1) is 0 Å². The van der Waals surface area contributed by atoms with Crippen LogP contribution in [-0.4, -0.2) is 0 Å². The smallest absolute Gasteiger partial charge is 0.172 e. The standard InChI is InChI=1S/C20H36N/c1-4-7-8-9-10-11-12-16-21-17-15-19(13-5-2)20(18-21)14-6-3/h15,17-18H,4-14,16H2,1-3H3/q+1. The van der Waals surface area contributed by atoms with Crippen molar-refractivity contribution in [1.82, 2.24) is 0 Å². The van der Waals surface area contributed by atoms with Crippen LogP contribution in [0.3, 0.4) is 0 Å². The van der Waals surface area contributed by atoms with E-state index in [2.05, 4.69) is 43.8 Å². The Balaban J connectivity index is 2.35. The molecule has 0 unspecified atom stereocenters. The second kappa shape index (κ2) is 11.8. The molecular formula is C20H36N+. The molecule has 1 nitrogen and oxygen atoms in total. The molecular weight excluding hydrogens is 254 g/mol. The van der Waals surface area contributed by atoms with Gasteiger partial charge in [0.2, 0.25) is 0 Å². The van der Waals surface area contributed by atoms with Crippen molar-refractivity contribution < 1.29 is 4.57 Å². The number of aromatic nitrogens is 1. The monoisotopic (exact) mass is 290 g/mol. The van der Waals surface area contributed by atoms with E-state index in [1.165, 1.54) is 77.2 Å². The van der Waals surface area contributed by atoms with E-state index in [1.807, 2.05) is 0 Å². The molecule has 1 heteroatoms. The Hall–Kier alpha value is -0.850. The minimum atomic E-state index is 1.19. The predicted octanol–water partition coefficient (Wildman–Crippen LogP) is 5.63. The van der Waals surface area contributed by atoms with Gasteiger partial charge in [0, 0.05) is 18.1 Å². The van der Waals surface area contributed by atoms with E-state index >= 15 is 0 Å². The molecule has 0 bridgehead atoms. The maximum absolute atomic E-state index is 2.41. The van der Waals surface area contributed by atoms with Gasteiger partial charge < -0.3 is 0 Å². The van der Waals surface area contributed by atoms with Gasteiger partial charge in [-0.2, -0.15) is 0 Å². The lowest BCUT2D eigenvalue weighted by Gasteiger charge is -2.07. The summed E-state index contributed by atoms with van der Waals surface area (Å²) in [7, 11) is 0. The van der Waals surface area contributed by atoms with Crippen molar-refractivity contribution in [2.24, 2.45) is 0 Å². The highest BCUT2D eigenvalue weighted by molar-refractivity contribution is 5.21. The van der Waals surface area contributed by atoms with Crippen LogP contribution in [0.1, 0.15) is 89.7 Å². The molecule has 0 spiro atoms. The van der Waals surface area contributed by atoms with E-state index in [4.69, 9.17) is 0 Å². The van der Waals surface area contributed by atoms with Gasteiger partial charge in [-0.25, -0.2) is 4.57 Å². The van der Waals surface area contributed by atoms with Crippen molar-refractivity contribution in [2.45, 2.75) is 97.9 Å². The maximum Gasteiger partial charge on any atom is 0.172 e. The molecule has 0 radical (unpaired) electrons. The lowest BCUT2D eigenvalue weighted by atomic mass is 10.0. The SMILES string of the molecule is CCCCCCCCC[n+]1ccc(CCC)c(CCC)c1. The molecule has 0 aliphatic carbocycles. The second-order valence-electron chi connectivity index (χ2n) is 6.35. The number of aryl methyl sites for hydroxylation is 3. The molecule has 0 aromatic carbocycles. The van der Waals surface area contributed by atoms with Crippen LogP contribution in [0.25, 0.3) is 0 Å². The van der Waals surface area contributed by atoms with Gasteiger partial charge in [0.1, 0.15) is 6.54 Å². The molecule has 1 heterocycles. The van der Waals surface area contributed by atoms with Crippen molar-refractivity contribution in [3.05, 3.63) is 29.6 Å². The highest BCUT2D eigenvalue weighted by Gasteiger charge is 2.08.